The standard InChI is InChI=1S/C10H18N2O3/c13-8-6-10(1-3-11-4-2-10)5-7(8)12-9(14)15/h7-8,11-13H,1-6H2,(H,14,15). The van der Waals surface area contributed by atoms with Crippen molar-refractivity contribution in [2.24, 2.45) is 5.41 Å². The van der Waals surface area contributed by atoms with Crippen LogP contribution >= 0.6 is 0 Å². The molecule has 1 spiro atoms. The molecular formula is C10H18N2O3. The van der Waals surface area contributed by atoms with E-state index in [1.54, 1.807) is 0 Å². The summed E-state index contributed by atoms with van der Waals surface area (Å²) in [5.74, 6) is 0. The van der Waals surface area contributed by atoms with E-state index in [1.165, 1.54) is 0 Å². The molecule has 1 aliphatic carbocycles. The quantitative estimate of drug-likeness (QED) is 0.501. The normalized spacial score (nSPS) is 34.2. The van der Waals surface area contributed by atoms with Crippen molar-refractivity contribution in [2.45, 2.75) is 37.8 Å². The van der Waals surface area contributed by atoms with Gasteiger partial charge in [0.05, 0.1) is 12.1 Å². The molecule has 0 aromatic carbocycles. The third-order valence-corrected chi connectivity index (χ3v) is 3.73. The second kappa shape index (κ2) is 3.98. The summed E-state index contributed by atoms with van der Waals surface area (Å²) in [6, 6.07) is -0.277. The van der Waals surface area contributed by atoms with Crippen molar-refractivity contribution in [1.82, 2.24) is 10.6 Å². The van der Waals surface area contributed by atoms with E-state index in [2.05, 4.69) is 10.6 Å². The lowest BCUT2D eigenvalue weighted by atomic mass is 9.77. The molecular weight excluding hydrogens is 196 g/mol. The van der Waals surface area contributed by atoms with E-state index >= 15 is 0 Å². The minimum Gasteiger partial charge on any atom is -0.465 e. The van der Waals surface area contributed by atoms with E-state index in [0.29, 0.717) is 0 Å². The van der Waals surface area contributed by atoms with Gasteiger partial charge in [0.2, 0.25) is 0 Å². The van der Waals surface area contributed by atoms with E-state index in [1.807, 2.05) is 0 Å². The summed E-state index contributed by atoms with van der Waals surface area (Å²) in [5, 5.41) is 24.2. The first-order valence-electron chi connectivity index (χ1n) is 5.50. The third kappa shape index (κ3) is 2.23. The summed E-state index contributed by atoms with van der Waals surface area (Å²) in [6.07, 6.45) is 2.05. The van der Waals surface area contributed by atoms with Gasteiger partial charge in [0.1, 0.15) is 0 Å². The van der Waals surface area contributed by atoms with E-state index < -0.39 is 12.2 Å². The Labute approximate surface area is 88.9 Å². The Bertz CT molecular complexity index is 251. The van der Waals surface area contributed by atoms with Crippen molar-refractivity contribution in [3.8, 4) is 0 Å². The average molecular weight is 214 g/mol. The van der Waals surface area contributed by atoms with Gasteiger partial charge in [-0.2, -0.15) is 0 Å². The minimum atomic E-state index is -1.04. The summed E-state index contributed by atoms with van der Waals surface area (Å²) in [4.78, 5) is 10.5. The fraction of sp³-hybridized carbons (Fsp3) is 0.900. The predicted octanol–water partition coefficient (Wildman–Crippen LogP) is 0.147. The molecule has 2 fully saturated rings. The zero-order chi connectivity index (χ0) is 10.9. The summed E-state index contributed by atoms with van der Waals surface area (Å²) in [6.45, 7) is 1.96. The van der Waals surface area contributed by atoms with Gasteiger partial charge in [-0.25, -0.2) is 4.79 Å². The van der Waals surface area contributed by atoms with E-state index in [-0.39, 0.29) is 11.5 Å². The van der Waals surface area contributed by atoms with Gasteiger partial charge >= 0.3 is 6.09 Å². The van der Waals surface area contributed by atoms with Crippen molar-refractivity contribution in [3.63, 3.8) is 0 Å². The highest BCUT2D eigenvalue weighted by atomic mass is 16.4. The Kier molecular flexibility index (Phi) is 2.84. The molecule has 2 unspecified atom stereocenters. The summed E-state index contributed by atoms with van der Waals surface area (Å²) >= 11 is 0. The Morgan fingerprint density at radius 3 is 2.60 bits per heavy atom. The van der Waals surface area contributed by atoms with Crippen LogP contribution in [0.4, 0.5) is 4.79 Å². The zero-order valence-electron chi connectivity index (χ0n) is 8.70. The molecule has 15 heavy (non-hydrogen) atoms. The van der Waals surface area contributed by atoms with Crippen LogP contribution in [-0.4, -0.2) is 41.5 Å². The Morgan fingerprint density at radius 2 is 2.00 bits per heavy atom. The number of amides is 1. The molecule has 5 nitrogen and oxygen atoms in total. The van der Waals surface area contributed by atoms with Crippen LogP contribution in [0.1, 0.15) is 25.7 Å². The lowest BCUT2D eigenvalue weighted by Gasteiger charge is -2.33. The first kappa shape index (κ1) is 10.7. The molecule has 4 N–H and O–H groups in total. The fourth-order valence-electron chi connectivity index (χ4n) is 2.94. The van der Waals surface area contributed by atoms with Crippen LogP contribution in [0.2, 0.25) is 0 Å². The van der Waals surface area contributed by atoms with Gasteiger partial charge in [-0.3, -0.25) is 0 Å². The smallest absolute Gasteiger partial charge is 0.404 e. The van der Waals surface area contributed by atoms with Crippen molar-refractivity contribution < 1.29 is 15.0 Å². The van der Waals surface area contributed by atoms with Gasteiger partial charge in [0, 0.05) is 0 Å². The molecule has 1 saturated heterocycles. The molecule has 1 aliphatic heterocycles. The molecule has 86 valence electrons. The monoisotopic (exact) mass is 214 g/mol. The largest absolute Gasteiger partial charge is 0.465 e. The van der Waals surface area contributed by atoms with Crippen molar-refractivity contribution in [3.05, 3.63) is 0 Å². The lowest BCUT2D eigenvalue weighted by molar-refractivity contribution is 0.124. The van der Waals surface area contributed by atoms with Gasteiger partial charge in [-0.1, -0.05) is 0 Å². The Morgan fingerprint density at radius 1 is 1.33 bits per heavy atom. The molecule has 2 rings (SSSR count). The number of hydrogen-bond donors (Lipinski definition) is 4. The molecule has 1 amide bonds. The van der Waals surface area contributed by atoms with E-state index in [4.69, 9.17) is 5.11 Å². The Hall–Kier alpha value is -0.810. The number of carboxylic acid groups (broad SMARTS) is 1. The van der Waals surface area contributed by atoms with Crippen molar-refractivity contribution in [2.75, 3.05) is 13.1 Å². The number of rotatable bonds is 1. The van der Waals surface area contributed by atoms with E-state index in [9.17, 15) is 9.90 Å². The molecule has 0 radical (unpaired) electrons. The average Bonchev–Trinajstić information content (AvgIpc) is 2.43. The maximum atomic E-state index is 10.5. The zero-order valence-corrected chi connectivity index (χ0v) is 8.70. The highest BCUT2D eigenvalue weighted by molar-refractivity contribution is 5.65. The van der Waals surface area contributed by atoms with Gasteiger partial charge in [-0.05, 0) is 44.2 Å². The van der Waals surface area contributed by atoms with Crippen molar-refractivity contribution >= 4 is 6.09 Å². The Balaban J connectivity index is 1.98. The highest BCUT2D eigenvalue weighted by Crippen LogP contribution is 2.45. The topological polar surface area (TPSA) is 81.6 Å². The first-order chi connectivity index (χ1) is 7.11. The van der Waals surface area contributed by atoms with Crippen LogP contribution in [0.3, 0.4) is 0 Å². The number of nitrogens with one attached hydrogen (secondary N) is 2. The maximum absolute atomic E-state index is 10.5. The number of piperidine rings is 1. The molecule has 5 heteroatoms. The summed E-state index contributed by atoms with van der Waals surface area (Å²) in [7, 11) is 0. The molecule has 1 heterocycles. The van der Waals surface area contributed by atoms with Crippen LogP contribution in [0.5, 0.6) is 0 Å². The van der Waals surface area contributed by atoms with E-state index in [0.717, 1.165) is 38.8 Å². The molecule has 0 bridgehead atoms. The molecule has 2 aliphatic rings. The van der Waals surface area contributed by atoms with Crippen LogP contribution in [0, 0.1) is 5.41 Å². The summed E-state index contributed by atoms with van der Waals surface area (Å²) < 4.78 is 0. The molecule has 0 aromatic rings. The number of aliphatic hydroxyl groups is 1. The molecule has 0 aromatic heterocycles. The maximum Gasteiger partial charge on any atom is 0.404 e. The van der Waals surface area contributed by atoms with Crippen LogP contribution in [0.25, 0.3) is 0 Å². The number of hydrogen-bond acceptors (Lipinski definition) is 3. The fourth-order valence-corrected chi connectivity index (χ4v) is 2.94. The van der Waals surface area contributed by atoms with Gasteiger partial charge < -0.3 is 20.8 Å². The van der Waals surface area contributed by atoms with Gasteiger partial charge in [0.15, 0.2) is 0 Å². The van der Waals surface area contributed by atoms with Crippen LogP contribution in [-0.2, 0) is 0 Å². The number of aliphatic hydroxyl groups excluding tert-OH is 1. The first-order valence-corrected chi connectivity index (χ1v) is 5.50. The minimum absolute atomic E-state index is 0.164. The van der Waals surface area contributed by atoms with Gasteiger partial charge in [-0.15, -0.1) is 0 Å². The third-order valence-electron chi connectivity index (χ3n) is 3.73. The lowest BCUT2D eigenvalue weighted by Crippen LogP contribution is -2.39. The van der Waals surface area contributed by atoms with Crippen LogP contribution in [0.15, 0.2) is 0 Å². The second-order valence-electron chi connectivity index (χ2n) is 4.78. The number of carbonyl (C=O) groups is 1. The van der Waals surface area contributed by atoms with Crippen LogP contribution < -0.4 is 10.6 Å². The van der Waals surface area contributed by atoms with Crippen molar-refractivity contribution in [1.29, 1.82) is 0 Å². The predicted molar refractivity (Wildman–Crippen MR) is 54.7 cm³/mol. The highest BCUT2D eigenvalue weighted by Gasteiger charge is 2.45. The SMILES string of the molecule is O=C(O)NC1CC2(CCNCC2)CC1O. The summed E-state index contributed by atoms with van der Waals surface area (Å²) in [5.41, 5.74) is 0.164. The molecule has 1 saturated carbocycles. The second-order valence-corrected chi connectivity index (χ2v) is 4.78. The van der Waals surface area contributed by atoms with Gasteiger partial charge in [0.25, 0.3) is 0 Å². The molecule has 2 atom stereocenters.